The van der Waals surface area contributed by atoms with Gasteiger partial charge in [0.1, 0.15) is 5.75 Å². The van der Waals surface area contributed by atoms with Crippen LogP contribution in [0.1, 0.15) is 18.1 Å². The average molecular weight is 336 g/mol. The highest BCUT2D eigenvalue weighted by molar-refractivity contribution is 7.49. The summed E-state index contributed by atoms with van der Waals surface area (Å²) in [6, 6.07) is 8.75. The first kappa shape index (κ1) is 15.6. The van der Waals surface area contributed by atoms with E-state index >= 15 is 0 Å². The smallest absolute Gasteiger partial charge is 0.404 e. The molecule has 8 nitrogen and oxygen atoms in total. The predicted molar refractivity (Wildman–Crippen MR) is 80.0 cm³/mol. The molecule has 23 heavy (non-hydrogen) atoms. The summed E-state index contributed by atoms with van der Waals surface area (Å²) in [5.74, 6) is 0.175. The molecule has 0 amide bonds. The molecule has 9 heteroatoms. The number of aromatic nitrogens is 1. The summed E-state index contributed by atoms with van der Waals surface area (Å²) in [4.78, 5) is 14.0. The molecule has 2 atom stereocenters. The van der Waals surface area contributed by atoms with Crippen LogP contribution in [0.3, 0.4) is 0 Å². The molecule has 120 valence electrons. The maximum atomic E-state index is 12.6. The largest absolute Gasteiger partial charge is 0.530 e. The number of nitrogens with zero attached hydrogens (tertiary/aromatic N) is 2. The molecule has 1 aromatic heterocycles. The molecule has 2 aromatic rings. The molecule has 0 bridgehead atoms. The zero-order chi connectivity index (χ0) is 16.3. The molecule has 3 rings (SSSR count). The minimum absolute atomic E-state index is 0.0872. The van der Waals surface area contributed by atoms with Gasteiger partial charge in [-0.2, -0.15) is 0 Å². The molecule has 0 aliphatic carbocycles. The van der Waals surface area contributed by atoms with Gasteiger partial charge in [0.15, 0.2) is 0 Å². The minimum Gasteiger partial charge on any atom is -0.404 e. The molecule has 1 aliphatic rings. The molecule has 0 spiro atoms. The Bertz CT molecular complexity index is 737. The van der Waals surface area contributed by atoms with Crippen LogP contribution in [-0.2, 0) is 13.6 Å². The van der Waals surface area contributed by atoms with Gasteiger partial charge in [-0.25, -0.2) is 4.57 Å². The summed E-state index contributed by atoms with van der Waals surface area (Å²) in [5, 5.41) is 10.6. The van der Waals surface area contributed by atoms with E-state index in [2.05, 4.69) is 4.98 Å². The normalized spacial score (nSPS) is 24.1. The molecular formula is C14H13N2O6P. The molecular weight excluding hydrogens is 323 g/mol. The number of non-ortho nitro benzene ring substituents is 1. The van der Waals surface area contributed by atoms with Crippen LogP contribution in [0.25, 0.3) is 0 Å². The number of phosphoric acid groups is 1. The molecule has 0 radical (unpaired) electrons. The average Bonchev–Trinajstić information content (AvgIpc) is 2.56. The van der Waals surface area contributed by atoms with E-state index in [0.29, 0.717) is 6.42 Å². The monoisotopic (exact) mass is 336 g/mol. The van der Waals surface area contributed by atoms with Crippen LogP contribution in [0.5, 0.6) is 5.75 Å². The van der Waals surface area contributed by atoms with Gasteiger partial charge in [-0.1, -0.05) is 0 Å². The number of phosphoric ester groups is 1. The van der Waals surface area contributed by atoms with Crippen molar-refractivity contribution in [3.8, 4) is 5.75 Å². The summed E-state index contributed by atoms with van der Waals surface area (Å²) in [6.07, 6.45) is 3.36. The van der Waals surface area contributed by atoms with Crippen molar-refractivity contribution >= 4 is 13.5 Å². The molecule has 2 heterocycles. The summed E-state index contributed by atoms with van der Waals surface area (Å²) in [7, 11) is -3.79. The first-order chi connectivity index (χ1) is 11.1. The second kappa shape index (κ2) is 6.45. The Kier molecular flexibility index (Phi) is 4.38. The fourth-order valence-electron chi connectivity index (χ4n) is 2.12. The fourth-order valence-corrected chi connectivity index (χ4v) is 3.53. The third kappa shape index (κ3) is 3.73. The third-order valence-corrected chi connectivity index (χ3v) is 4.67. The van der Waals surface area contributed by atoms with Gasteiger partial charge >= 0.3 is 7.82 Å². The predicted octanol–water partition coefficient (Wildman–Crippen LogP) is 3.65. The van der Waals surface area contributed by atoms with Gasteiger partial charge in [-0.3, -0.25) is 24.1 Å². The van der Waals surface area contributed by atoms with E-state index in [4.69, 9.17) is 13.6 Å². The highest BCUT2D eigenvalue weighted by atomic mass is 31.2. The third-order valence-electron chi connectivity index (χ3n) is 3.23. The summed E-state index contributed by atoms with van der Waals surface area (Å²) in [6.45, 7) is 0.219. The lowest BCUT2D eigenvalue weighted by atomic mass is 10.1. The number of nitro groups is 1. The zero-order valence-corrected chi connectivity index (χ0v) is 12.8. The van der Waals surface area contributed by atoms with Crippen molar-refractivity contribution in [3.63, 3.8) is 0 Å². The molecule has 0 N–H and O–H groups in total. The number of benzene rings is 1. The minimum atomic E-state index is -3.79. The van der Waals surface area contributed by atoms with E-state index in [-0.39, 0.29) is 18.0 Å². The van der Waals surface area contributed by atoms with Crippen LogP contribution in [-0.4, -0.2) is 16.5 Å². The van der Waals surface area contributed by atoms with Crippen LogP contribution < -0.4 is 4.52 Å². The maximum Gasteiger partial charge on any atom is 0.530 e. The van der Waals surface area contributed by atoms with Crippen molar-refractivity contribution in [2.24, 2.45) is 0 Å². The van der Waals surface area contributed by atoms with Gasteiger partial charge in [0.2, 0.25) is 0 Å². The zero-order valence-electron chi connectivity index (χ0n) is 11.9. The Balaban J connectivity index is 1.73. The molecule has 1 aliphatic heterocycles. The van der Waals surface area contributed by atoms with Crippen molar-refractivity contribution in [1.29, 1.82) is 0 Å². The Hall–Kier alpha value is -2.28. The fraction of sp³-hybridized carbons (Fsp3) is 0.214. The molecule has 0 saturated carbocycles. The Morgan fingerprint density at radius 1 is 1.22 bits per heavy atom. The molecule has 1 aromatic carbocycles. The van der Waals surface area contributed by atoms with Gasteiger partial charge in [0.25, 0.3) is 5.69 Å². The number of hydrogen-bond donors (Lipinski definition) is 0. The van der Waals surface area contributed by atoms with Gasteiger partial charge < -0.3 is 4.52 Å². The van der Waals surface area contributed by atoms with Crippen LogP contribution in [0.2, 0.25) is 0 Å². The SMILES string of the molecule is O=[N+]([O-])c1ccc(O[P@]2(=O)OCC[C@@H](c3ccncc3)O2)cc1. The van der Waals surface area contributed by atoms with Crippen molar-refractivity contribution in [2.75, 3.05) is 6.61 Å². The lowest BCUT2D eigenvalue weighted by molar-refractivity contribution is -0.384. The van der Waals surface area contributed by atoms with Gasteiger partial charge in [0, 0.05) is 30.9 Å². The molecule has 1 saturated heterocycles. The summed E-state index contributed by atoms with van der Waals surface area (Å²) >= 11 is 0. The lowest BCUT2D eigenvalue weighted by Crippen LogP contribution is -2.16. The van der Waals surface area contributed by atoms with Crippen LogP contribution >= 0.6 is 7.82 Å². The Morgan fingerprint density at radius 3 is 2.57 bits per heavy atom. The highest BCUT2D eigenvalue weighted by Gasteiger charge is 2.37. The van der Waals surface area contributed by atoms with Crippen LogP contribution in [0.15, 0.2) is 48.8 Å². The highest BCUT2D eigenvalue weighted by Crippen LogP contribution is 2.56. The van der Waals surface area contributed by atoms with E-state index in [1.54, 1.807) is 24.5 Å². The van der Waals surface area contributed by atoms with Gasteiger partial charge in [0.05, 0.1) is 17.6 Å². The standard InChI is InChI=1S/C14H13N2O6P/c17-16(18)12-1-3-13(4-2-12)21-23(19)20-10-7-14(22-23)11-5-8-15-9-6-11/h1-6,8-9,14H,7,10H2/t14-,23-/m0/s1. The first-order valence-electron chi connectivity index (χ1n) is 6.83. The van der Waals surface area contributed by atoms with E-state index in [0.717, 1.165) is 5.56 Å². The summed E-state index contributed by atoms with van der Waals surface area (Å²) < 4.78 is 28.5. The van der Waals surface area contributed by atoms with Crippen molar-refractivity contribution in [1.82, 2.24) is 4.98 Å². The molecule has 0 unspecified atom stereocenters. The van der Waals surface area contributed by atoms with Crippen LogP contribution in [0.4, 0.5) is 5.69 Å². The summed E-state index contributed by atoms with van der Waals surface area (Å²) in [5.41, 5.74) is 0.742. The van der Waals surface area contributed by atoms with E-state index < -0.39 is 18.8 Å². The van der Waals surface area contributed by atoms with Crippen LogP contribution in [0, 0.1) is 10.1 Å². The van der Waals surface area contributed by atoms with Gasteiger partial charge in [-0.15, -0.1) is 0 Å². The lowest BCUT2D eigenvalue weighted by Gasteiger charge is -2.28. The maximum absolute atomic E-state index is 12.6. The van der Waals surface area contributed by atoms with Crippen molar-refractivity contribution in [2.45, 2.75) is 12.5 Å². The quantitative estimate of drug-likeness (QED) is 0.477. The number of rotatable bonds is 4. The van der Waals surface area contributed by atoms with E-state index in [1.165, 1.54) is 24.3 Å². The van der Waals surface area contributed by atoms with E-state index in [1.807, 2.05) is 0 Å². The topological polar surface area (TPSA) is 101 Å². The van der Waals surface area contributed by atoms with E-state index in [9.17, 15) is 14.7 Å². The number of pyridine rings is 1. The number of nitro benzene ring substituents is 1. The molecule has 1 fully saturated rings. The Morgan fingerprint density at radius 2 is 1.91 bits per heavy atom. The van der Waals surface area contributed by atoms with Gasteiger partial charge in [-0.05, 0) is 29.8 Å². The van der Waals surface area contributed by atoms with Crippen molar-refractivity contribution < 1.29 is 23.1 Å². The Labute approximate surface area is 131 Å². The second-order valence-electron chi connectivity index (χ2n) is 4.79. The number of hydrogen-bond acceptors (Lipinski definition) is 7. The first-order valence-corrected chi connectivity index (χ1v) is 8.29. The second-order valence-corrected chi connectivity index (χ2v) is 6.33. The van der Waals surface area contributed by atoms with Crippen molar-refractivity contribution in [3.05, 3.63) is 64.5 Å².